The third-order valence-corrected chi connectivity index (χ3v) is 2.29. The highest BCUT2D eigenvalue weighted by Crippen LogP contribution is 2.30. The molecule has 0 bridgehead atoms. The van der Waals surface area contributed by atoms with Gasteiger partial charge in [-0.3, -0.25) is 4.79 Å². The molecule has 8 heteroatoms. The molecule has 0 aliphatic carbocycles. The maximum Gasteiger partial charge on any atom is 0.449 e. The average molecular weight is 268 g/mol. The highest BCUT2D eigenvalue weighted by molar-refractivity contribution is 6.00. The Morgan fingerprint density at radius 1 is 1.47 bits per heavy atom. The topological polar surface area (TPSA) is 81.6 Å². The number of imidazole rings is 1. The summed E-state index contributed by atoms with van der Waals surface area (Å²) in [6.07, 6.45) is -4.97. The van der Waals surface area contributed by atoms with Crippen molar-refractivity contribution in [2.45, 2.75) is 12.6 Å². The van der Waals surface area contributed by atoms with Gasteiger partial charge in [0.15, 0.2) is 0 Å². The molecule has 2 rings (SSSR count). The second kappa shape index (κ2) is 4.61. The molecule has 5 nitrogen and oxygen atoms in total. The van der Waals surface area contributed by atoms with Gasteiger partial charge in [0, 0.05) is 0 Å². The van der Waals surface area contributed by atoms with Crippen LogP contribution in [-0.2, 0) is 11.0 Å². The number of para-hydroxylation sites is 1. The van der Waals surface area contributed by atoms with E-state index in [9.17, 15) is 18.0 Å². The largest absolute Gasteiger partial charge is 0.449 e. The number of carbonyl (C=O) groups excluding carboxylic acids is 1. The van der Waals surface area contributed by atoms with Crippen molar-refractivity contribution in [2.24, 2.45) is 0 Å². The number of hydrogen-bond acceptors (Lipinski definition) is 3. The van der Waals surface area contributed by atoms with Gasteiger partial charge in [0.25, 0.3) is 0 Å². The number of nitriles is 1. The number of carbonyl (C=O) groups is 1. The van der Waals surface area contributed by atoms with Gasteiger partial charge in [0.1, 0.15) is 11.9 Å². The molecule has 0 spiro atoms. The van der Waals surface area contributed by atoms with E-state index in [4.69, 9.17) is 5.26 Å². The molecule has 0 radical (unpaired) electrons. The zero-order valence-corrected chi connectivity index (χ0v) is 9.38. The lowest BCUT2D eigenvalue weighted by atomic mass is 10.2. The Balaban J connectivity index is 2.43. The Hall–Kier alpha value is -2.56. The summed E-state index contributed by atoms with van der Waals surface area (Å²) < 4.78 is 37.6. The predicted molar refractivity (Wildman–Crippen MR) is 60.0 cm³/mol. The molecule has 19 heavy (non-hydrogen) atoms. The number of aromatic nitrogens is 2. The molecule has 0 fully saturated rings. The smallest absolute Gasteiger partial charge is 0.334 e. The lowest BCUT2D eigenvalue weighted by Gasteiger charge is -2.02. The van der Waals surface area contributed by atoms with E-state index >= 15 is 0 Å². The fraction of sp³-hybridized carbons (Fsp3) is 0.182. The Morgan fingerprint density at radius 2 is 2.21 bits per heavy atom. The maximum absolute atomic E-state index is 12.5. The number of amides is 1. The minimum Gasteiger partial charge on any atom is -0.334 e. The summed E-state index contributed by atoms with van der Waals surface area (Å²) in [5, 5.41) is 10.7. The van der Waals surface area contributed by atoms with Crippen LogP contribution in [0.2, 0.25) is 0 Å². The van der Waals surface area contributed by atoms with Crippen molar-refractivity contribution in [3.8, 4) is 6.07 Å². The summed E-state index contributed by atoms with van der Waals surface area (Å²) in [4.78, 5) is 16.8. The van der Waals surface area contributed by atoms with Crippen LogP contribution < -0.4 is 5.32 Å². The summed E-state index contributed by atoms with van der Waals surface area (Å²) in [5.41, 5.74) is 0.285. The molecular formula is C11H7F3N4O. The molecule has 1 aromatic heterocycles. The fourth-order valence-corrected chi connectivity index (χ4v) is 1.53. The first-order chi connectivity index (χ1) is 8.91. The first-order valence-electron chi connectivity index (χ1n) is 5.14. The molecule has 2 aromatic rings. The molecule has 0 saturated carbocycles. The number of fused-ring (bicyclic) bond motifs is 1. The van der Waals surface area contributed by atoms with Crippen LogP contribution in [0.5, 0.6) is 0 Å². The van der Waals surface area contributed by atoms with Crippen LogP contribution in [0.3, 0.4) is 0 Å². The Labute approximate surface area is 105 Å². The van der Waals surface area contributed by atoms with Crippen molar-refractivity contribution in [1.29, 1.82) is 5.26 Å². The molecule has 1 heterocycles. The van der Waals surface area contributed by atoms with Crippen molar-refractivity contribution in [3.05, 3.63) is 24.0 Å². The van der Waals surface area contributed by atoms with Gasteiger partial charge in [-0.15, -0.1) is 0 Å². The zero-order chi connectivity index (χ0) is 14.0. The first-order valence-corrected chi connectivity index (χ1v) is 5.14. The Morgan fingerprint density at radius 3 is 2.84 bits per heavy atom. The van der Waals surface area contributed by atoms with E-state index in [0.717, 1.165) is 0 Å². The van der Waals surface area contributed by atoms with Gasteiger partial charge in [-0.05, 0) is 12.1 Å². The quantitative estimate of drug-likeness (QED) is 0.877. The molecule has 1 aromatic carbocycles. The fourth-order valence-electron chi connectivity index (χ4n) is 1.53. The van der Waals surface area contributed by atoms with Gasteiger partial charge in [-0.25, -0.2) is 4.98 Å². The molecule has 98 valence electrons. The van der Waals surface area contributed by atoms with E-state index in [1.807, 2.05) is 0 Å². The number of nitrogens with one attached hydrogen (secondary N) is 2. The number of nitrogens with zero attached hydrogens (tertiary/aromatic N) is 2. The molecule has 0 aliphatic heterocycles. The van der Waals surface area contributed by atoms with Crippen LogP contribution >= 0.6 is 0 Å². The van der Waals surface area contributed by atoms with Gasteiger partial charge in [0.2, 0.25) is 11.7 Å². The van der Waals surface area contributed by atoms with Gasteiger partial charge in [-0.1, -0.05) is 6.07 Å². The summed E-state index contributed by atoms with van der Waals surface area (Å²) in [6, 6.07) is 5.95. The Bertz CT molecular complexity index is 669. The summed E-state index contributed by atoms with van der Waals surface area (Å²) in [6.45, 7) is 0. The highest BCUT2D eigenvalue weighted by atomic mass is 19.4. The van der Waals surface area contributed by atoms with E-state index < -0.39 is 17.9 Å². The lowest BCUT2D eigenvalue weighted by Crippen LogP contribution is -2.10. The number of hydrogen-bond donors (Lipinski definition) is 2. The molecule has 0 unspecified atom stereocenters. The number of aromatic amines is 1. The molecular weight excluding hydrogens is 261 g/mol. The van der Waals surface area contributed by atoms with Crippen molar-refractivity contribution in [3.63, 3.8) is 0 Å². The summed E-state index contributed by atoms with van der Waals surface area (Å²) in [7, 11) is 0. The van der Waals surface area contributed by atoms with E-state index in [-0.39, 0.29) is 23.1 Å². The molecule has 2 N–H and O–H groups in total. The number of anilines is 1. The number of benzene rings is 1. The maximum atomic E-state index is 12.5. The molecule has 0 saturated heterocycles. The van der Waals surface area contributed by atoms with Crippen LogP contribution in [0.1, 0.15) is 12.2 Å². The molecule has 0 aliphatic rings. The van der Waals surface area contributed by atoms with Gasteiger partial charge >= 0.3 is 6.18 Å². The van der Waals surface area contributed by atoms with E-state index in [1.54, 1.807) is 6.07 Å². The van der Waals surface area contributed by atoms with Gasteiger partial charge in [-0.2, -0.15) is 18.4 Å². The standard InChI is InChI=1S/C11H7F3N4O/c12-11(13,14)10-17-7-3-1-2-6(9(7)18-10)16-8(19)4-5-15/h1-3H,4H2,(H,16,19)(H,17,18). The number of halogens is 3. The normalized spacial score (nSPS) is 11.3. The number of rotatable bonds is 2. The minimum atomic E-state index is -4.59. The van der Waals surface area contributed by atoms with Crippen LogP contribution in [0.15, 0.2) is 18.2 Å². The second-order valence-corrected chi connectivity index (χ2v) is 3.67. The van der Waals surface area contributed by atoms with Crippen LogP contribution in [0, 0.1) is 11.3 Å². The summed E-state index contributed by atoms with van der Waals surface area (Å²) >= 11 is 0. The predicted octanol–water partition coefficient (Wildman–Crippen LogP) is 2.43. The van der Waals surface area contributed by atoms with E-state index in [1.165, 1.54) is 18.2 Å². The van der Waals surface area contributed by atoms with Crippen LogP contribution in [-0.4, -0.2) is 15.9 Å². The van der Waals surface area contributed by atoms with E-state index in [0.29, 0.717) is 0 Å². The van der Waals surface area contributed by atoms with Gasteiger partial charge < -0.3 is 10.3 Å². The van der Waals surface area contributed by atoms with Crippen molar-refractivity contribution in [1.82, 2.24) is 9.97 Å². The van der Waals surface area contributed by atoms with Gasteiger partial charge in [0.05, 0.1) is 17.3 Å². The second-order valence-electron chi connectivity index (χ2n) is 3.67. The SMILES string of the molecule is N#CCC(=O)Nc1cccc2[nH]c(C(F)(F)F)nc12. The zero-order valence-electron chi connectivity index (χ0n) is 9.38. The molecule has 0 atom stereocenters. The lowest BCUT2D eigenvalue weighted by molar-refractivity contribution is -0.144. The van der Waals surface area contributed by atoms with Crippen molar-refractivity contribution in [2.75, 3.05) is 5.32 Å². The van der Waals surface area contributed by atoms with E-state index in [2.05, 4.69) is 15.3 Å². The highest BCUT2D eigenvalue weighted by Gasteiger charge is 2.35. The van der Waals surface area contributed by atoms with Crippen molar-refractivity contribution < 1.29 is 18.0 Å². The third kappa shape index (κ3) is 2.65. The molecule has 1 amide bonds. The van der Waals surface area contributed by atoms with Crippen molar-refractivity contribution >= 4 is 22.6 Å². The Kier molecular flexibility index (Phi) is 3.12. The summed E-state index contributed by atoms with van der Waals surface area (Å²) in [5.74, 6) is -1.74. The number of alkyl halides is 3. The monoisotopic (exact) mass is 268 g/mol. The number of H-pyrrole nitrogens is 1. The van der Waals surface area contributed by atoms with Crippen LogP contribution in [0.4, 0.5) is 18.9 Å². The third-order valence-electron chi connectivity index (χ3n) is 2.29. The minimum absolute atomic E-state index is 0.00103. The first kappa shape index (κ1) is 12.9. The average Bonchev–Trinajstić information content (AvgIpc) is 2.74. The van der Waals surface area contributed by atoms with Crippen LogP contribution in [0.25, 0.3) is 11.0 Å².